The van der Waals surface area contributed by atoms with Crippen molar-refractivity contribution in [1.29, 1.82) is 0 Å². The smallest absolute Gasteiger partial charge is 0.352 e. The fourth-order valence-corrected chi connectivity index (χ4v) is 6.88. The number of aryl methyl sites for hydroxylation is 1. The standard InChI is InChI=1S/C36H36Cl2F3N3O4S/c1-4-25(3)42-35(46)33(20-26-10-6-5-7-11-26)43(22-27-12-8-9-13-31(27)37)34(45)23-44(49(47,48)29-17-14-24(2)15-18-29)28-16-19-32(38)30(21-28)36(39,40)41/h5-19,21,25,33H,4,20,22-23H2,1-3H3,(H,42,46)/t25-,33+/m0/s1. The molecule has 0 aliphatic heterocycles. The Balaban J connectivity index is 1.88. The van der Waals surface area contributed by atoms with Crippen LogP contribution in [0.15, 0.2) is 102 Å². The minimum atomic E-state index is -4.92. The maximum absolute atomic E-state index is 14.6. The molecule has 0 heterocycles. The quantitative estimate of drug-likeness (QED) is 0.151. The molecule has 2 atom stereocenters. The van der Waals surface area contributed by atoms with Crippen LogP contribution >= 0.6 is 23.2 Å². The van der Waals surface area contributed by atoms with Crippen molar-refractivity contribution in [3.8, 4) is 0 Å². The maximum Gasteiger partial charge on any atom is 0.417 e. The van der Waals surface area contributed by atoms with Crippen molar-refractivity contribution in [1.82, 2.24) is 10.2 Å². The lowest BCUT2D eigenvalue weighted by Crippen LogP contribution is -2.54. The molecule has 13 heteroatoms. The van der Waals surface area contributed by atoms with Gasteiger partial charge >= 0.3 is 6.18 Å². The molecule has 4 aromatic rings. The summed E-state index contributed by atoms with van der Waals surface area (Å²) in [7, 11) is -4.63. The minimum absolute atomic E-state index is 0.0587. The van der Waals surface area contributed by atoms with Gasteiger partial charge < -0.3 is 10.2 Å². The number of amides is 2. The second kappa shape index (κ2) is 16.1. The Hall–Kier alpha value is -4.06. The van der Waals surface area contributed by atoms with E-state index in [0.717, 1.165) is 23.3 Å². The molecule has 0 saturated heterocycles. The van der Waals surface area contributed by atoms with E-state index < -0.39 is 56.9 Å². The Bertz CT molecular complexity index is 1870. The minimum Gasteiger partial charge on any atom is -0.352 e. The Morgan fingerprint density at radius 3 is 2.12 bits per heavy atom. The van der Waals surface area contributed by atoms with Crippen molar-refractivity contribution in [2.45, 2.75) is 63.3 Å². The molecule has 4 aromatic carbocycles. The van der Waals surface area contributed by atoms with Crippen LogP contribution in [-0.4, -0.2) is 43.8 Å². The number of nitrogens with zero attached hydrogens (tertiary/aromatic N) is 2. The van der Waals surface area contributed by atoms with Gasteiger partial charge in [0.05, 0.1) is 21.2 Å². The zero-order valence-corrected chi connectivity index (χ0v) is 29.4. The highest BCUT2D eigenvalue weighted by molar-refractivity contribution is 7.92. The van der Waals surface area contributed by atoms with Crippen LogP contribution in [0.1, 0.15) is 42.5 Å². The molecule has 260 valence electrons. The van der Waals surface area contributed by atoms with E-state index >= 15 is 0 Å². The molecule has 0 unspecified atom stereocenters. The zero-order valence-electron chi connectivity index (χ0n) is 27.0. The summed E-state index contributed by atoms with van der Waals surface area (Å²) in [6, 6.07) is 22.6. The van der Waals surface area contributed by atoms with Gasteiger partial charge in [0, 0.05) is 24.0 Å². The summed E-state index contributed by atoms with van der Waals surface area (Å²) in [5, 5.41) is 2.59. The normalized spacial score (nSPS) is 13.0. The lowest BCUT2D eigenvalue weighted by molar-refractivity contribution is -0.140. The van der Waals surface area contributed by atoms with Crippen LogP contribution < -0.4 is 9.62 Å². The van der Waals surface area contributed by atoms with E-state index in [9.17, 15) is 31.2 Å². The average molecular weight is 735 g/mol. The fourth-order valence-electron chi connectivity index (χ4n) is 5.06. The summed E-state index contributed by atoms with van der Waals surface area (Å²) in [6.45, 7) is 4.31. The van der Waals surface area contributed by atoms with Crippen molar-refractivity contribution >= 4 is 50.7 Å². The number of halogens is 5. The van der Waals surface area contributed by atoms with Crippen LogP contribution in [-0.2, 0) is 38.8 Å². The number of sulfonamides is 1. The van der Waals surface area contributed by atoms with E-state index in [1.807, 2.05) is 13.8 Å². The Morgan fingerprint density at radius 2 is 1.51 bits per heavy atom. The number of nitrogens with one attached hydrogen (secondary N) is 1. The number of carbonyl (C=O) groups excluding carboxylic acids is 2. The number of carbonyl (C=O) groups is 2. The number of rotatable bonds is 13. The molecule has 0 aliphatic rings. The van der Waals surface area contributed by atoms with Crippen LogP contribution in [0.2, 0.25) is 10.0 Å². The Kier molecular flexibility index (Phi) is 12.4. The molecule has 0 aromatic heterocycles. The first kappa shape index (κ1) is 37.8. The number of benzene rings is 4. The van der Waals surface area contributed by atoms with E-state index in [1.54, 1.807) is 61.5 Å². The van der Waals surface area contributed by atoms with Crippen molar-refractivity contribution < 1.29 is 31.2 Å². The third-order valence-electron chi connectivity index (χ3n) is 8.00. The summed E-state index contributed by atoms with van der Waals surface area (Å²) in [6.07, 6.45) is -4.26. The first-order chi connectivity index (χ1) is 23.1. The van der Waals surface area contributed by atoms with Gasteiger partial charge in [-0.25, -0.2) is 8.42 Å². The van der Waals surface area contributed by atoms with E-state index in [0.29, 0.717) is 27.4 Å². The molecule has 49 heavy (non-hydrogen) atoms. The Labute approximate surface area is 294 Å². The summed E-state index contributed by atoms with van der Waals surface area (Å²) in [5.41, 5.74) is 0.235. The van der Waals surface area contributed by atoms with Gasteiger partial charge in [-0.3, -0.25) is 13.9 Å². The molecule has 0 saturated carbocycles. The van der Waals surface area contributed by atoms with Crippen LogP contribution in [0.4, 0.5) is 18.9 Å². The summed E-state index contributed by atoms with van der Waals surface area (Å²) >= 11 is 12.4. The van der Waals surface area contributed by atoms with Crippen molar-refractivity contribution in [2.24, 2.45) is 0 Å². The summed E-state index contributed by atoms with van der Waals surface area (Å²) in [5.74, 6) is -1.34. The van der Waals surface area contributed by atoms with Gasteiger partial charge in [0.1, 0.15) is 12.6 Å². The van der Waals surface area contributed by atoms with Gasteiger partial charge in [0.2, 0.25) is 11.8 Å². The molecule has 2 amide bonds. The summed E-state index contributed by atoms with van der Waals surface area (Å²) < 4.78 is 70.9. The van der Waals surface area contributed by atoms with Gasteiger partial charge in [-0.05, 0) is 67.8 Å². The predicted molar refractivity (Wildman–Crippen MR) is 186 cm³/mol. The largest absolute Gasteiger partial charge is 0.417 e. The molecule has 4 rings (SSSR count). The topological polar surface area (TPSA) is 86.8 Å². The van der Waals surface area contributed by atoms with E-state index in [4.69, 9.17) is 23.2 Å². The SMILES string of the molecule is CC[C@H](C)NC(=O)[C@@H](Cc1ccccc1)N(Cc1ccccc1Cl)C(=O)CN(c1ccc(Cl)c(C(F)(F)F)c1)S(=O)(=O)c1ccc(C)cc1. The highest BCUT2D eigenvalue weighted by atomic mass is 35.5. The monoisotopic (exact) mass is 733 g/mol. The fraction of sp³-hybridized carbons (Fsp3) is 0.278. The predicted octanol–water partition coefficient (Wildman–Crippen LogP) is 8.07. The lowest BCUT2D eigenvalue weighted by atomic mass is 10.0. The molecule has 0 spiro atoms. The third kappa shape index (κ3) is 9.55. The van der Waals surface area contributed by atoms with Gasteiger partial charge in [-0.1, -0.05) is 96.4 Å². The molecule has 0 bridgehead atoms. The number of alkyl halides is 3. The molecule has 1 N–H and O–H groups in total. The van der Waals surface area contributed by atoms with Gasteiger partial charge in [0.25, 0.3) is 10.0 Å². The highest BCUT2D eigenvalue weighted by Crippen LogP contribution is 2.38. The van der Waals surface area contributed by atoms with Crippen molar-refractivity contribution in [2.75, 3.05) is 10.8 Å². The van der Waals surface area contributed by atoms with Crippen LogP contribution in [0.25, 0.3) is 0 Å². The Morgan fingerprint density at radius 1 is 0.878 bits per heavy atom. The molecule has 7 nitrogen and oxygen atoms in total. The summed E-state index contributed by atoms with van der Waals surface area (Å²) in [4.78, 5) is 29.5. The van der Waals surface area contributed by atoms with Crippen LogP contribution in [0, 0.1) is 6.92 Å². The molecule has 0 fully saturated rings. The van der Waals surface area contributed by atoms with Gasteiger partial charge in [0.15, 0.2) is 0 Å². The molecule has 0 radical (unpaired) electrons. The number of hydrogen-bond acceptors (Lipinski definition) is 4. The second-order valence-electron chi connectivity index (χ2n) is 11.6. The van der Waals surface area contributed by atoms with Crippen LogP contribution in [0.5, 0.6) is 0 Å². The first-order valence-corrected chi connectivity index (χ1v) is 17.6. The van der Waals surface area contributed by atoms with Gasteiger partial charge in [-0.2, -0.15) is 13.2 Å². The van der Waals surface area contributed by atoms with Crippen molar-refractivity contribution in [3.63, 3.8) is 0 Å². The molecule has 0 aliphatic carbocycles. The number of hydrogen-bond donors (Lipinski definition) is 1. The molecular formula is C36H36Cl2F3N3O4S. The van der Waals surface area contributed by atoms with Crippen LogP contribution in [0.3, 0.4) is 0 Å². The lowest BCUT2D eigenvalue weighted by Gasteiger charge is -2.34. The maximum atomic E-state index is 14.6. The number of anilines is 1. The first-order valence-electron chi connectivity index (χ1n) is 15.4. The van der Waals surface area contributed by atoms with Gasteiger partial charge in [-0.15, -0.1) is 0 Å². The van der Waals surface area contributed by atoms with E-state index in [2.05, 4.69) is 5.32 Å². The third-order valence-corrected chi connectivity index (χ3v) is 10.5. The van der Waals surface area contributed by atoms with E-state index in [1.165, 1.54) is 29.2 Å². The molecular weight excluding hydrogens is 698 g/mol. The second-order valence-corrected chi connectivity index (χ2v) is 14.3. The highest BCUT2D eigenvalue weighted by Gasteiger charge is 2.38. The van der Waals surface area contributed by atoms with Crippen molar-refractivity contribution in [3.05, 3.63) is 129 Å². The zero-order chi connectivity index (χ0) is 35.9. The van der Waals surface area contributed by atoms with E-state index in [-0.39, 0.29) is 23.9 Å². The average Bonchev–Trinajstić information content (AvgIpc) is 3.06.